The van der Waals surface area contributed by atoms with E-state index in [0.717, 1.165) is 11.8 Å². The lowest BCUT2D eigenvalue weighted by Crippen LogP contribution is -2.12. The molecule has 1 aliphatic carbocycles. The van der Waals surface area contributed by atoms with Crippen molar-refractivity contribution in [1.82, 2.24) is 0 Å². The number of hydrogen-bond acceptors (Lipinski definition) is 0. The van der Waals surface area contributed by atoms with Gasteiger partial charge in [0.15, 0.2) is 0 Å². The molecule has 1 heteroatoms. The average Bonchev–Trinajstić information content (AvgIpc) is 2.09. The maximum atomic E-state index is 2.48. The summed E-state index contributed by atoms with van der Waals surface area (Å²) in [7, 11) is 0. The zero-order valence-electron chi connectivity index (χ0n) is 8.19. The zero-order valence-corrected chi connectivity index (χ0v) is 10.3. The second-order valence-electron chi connectivity index (χ2n) is 4.31. The third kappa shape index (κ3) is 4.11. The van der Waals surface area contributed by atoms with E-state index in [1.807, 2.05) is 0 Å². The van der Waals surface area contributed by atoms with Gasteiger partial charge in [-0.1, -0.05) is 68.0 Å². The van der Waals surface area contributed by atoms with Gasteiger partial charge in [-0.05, 0) is 22.7 Å². The molecule has 1 fully saturated rings. The minimum Gasteiger partial charge on any atom is -0.0864 e. The molecule has 0 aromatic carbocycles. The highest BCUT2D eigenvalue weighted by atomic mass is 127. The third-order valence-electron chi connectivity index (χ3n) is 3.13. The summed E-state index contributed by atoms with van der Waals surface area (Å²) in [6.45, 7) is 2.40. The first-order valence-corrected chi connectivity index (χ1v) is 6.91. The van der Waals surface area contributed by atoms with Crippen LogP contribution in [0.5, 0.6) is 0 Å². The molecule has 72 valence electrons. The smallest absolute Gasteiger partial charge is 0.000473 e. The molecule has 0 radical (unpaired) electrons. The SMILES string of the molecule is CC1CCC(CCCCI)CC1. The molecular weight excluding hydrogens is 259 g/mol. The summed E-state index contributed by atoms with van der Waals surface area (Å²) >= 11 is 2.48. The van der Waals surface area contributed by atoms with Gasteiger partial charge in [0, 0.05) is 0 Å². The fraction of sp³-hybridized carbons (Fsp3) is 1.00. The second kappa shape index (κ2) is 6.22. The standard InChI is InChI=1S/C11H21I/c1-10-5-7-11(8-6-10)4-2-3-9-12/h10-11H,2-9H2,1H3. The van der Waals surface area contributed by atoms with Crippen molar-refractivity contribution in [2.75, 3.05) is 4.43 Å². The topological polar surface area (TPSA) is 0 Å². The van der Waals surface area contributed by atoms with Crippen LogP contribution >= 0.6 is 22.6 Å². The molecule has 0 unspecified atom stereocenters. The van der Waals surface area contributed by atoms with E-state index in [2.05, 4.69) is 29.5 Å². The molecule has 0 nitrogen and oxygen atoms in total. The molecule has 12 heavy (non-hydrogen) atoms. The molecule has 0 aromatic rings. The van der Waals surface area contributed by atoms with Gasteiger partial charge >= 0.3 is 0 Å². The first-order chi connectivity index (χ1) is 5.83. The maximum Gasteiger partial charge on any atom is -0.000473 e. The lowest BCUT2D eigenvalue weighted by atomic mass is 9.81. The van der Waals surface area contributed by atoms with Gasteiger partial charge in [0.05, 0.1) is 0 Å². The molecular formula is C11H21I. The number of hydrogen-bond donors (Lipinski definition) is 0. The predicted molar refractivity (Wildman–Crippen MR) is 63.9 cm³/mol. The van der Waals surface area contributed by atoms with Crippen molar-refractivity contribution in [3.8, 4) is 0 Å². The van der Waals surface area contributed by atoms with Crippen LogP contribution in [-0.2, 0) is 0 Å². The monoisotopic (exact) mass is 280 g/mol. The number of halogens is 1. The van der Waals surface area contributed by atoms with Crippen LogP contribution in [0.4, 0.5) is 0 Å². The molecule has 0 amide bonds. The van der Waals surface area contributed by atoms with Crippen molar-refractivity contribution in [2.24, 2.45) is 11.8 Å². The first kappa shape index (κ1) is 10.8. The zero-order chi connectivity index (χ0) is 8.81. The Hall–Kier alpha value is 0.730. The summed E-state index contributed by atoms with van der Waals surface area (Å²) in [6.07, 6.45) is 10.4. The van der Waals surface area contributed by atoms with E-state index in [-0.39, 0.29) is 0 Å². The first-order valence-electron chi connectivity index (χ1n) is 5.39. The maximum absolute atomic E-state index is 2.48. The molecule has 0 heterocycles. The summed E-state index contributed by atoms with van der Waals surface area (Å²) in [4.78, 5) is 0. The van der Waals surface area contributed by atoms with E-state index in [9.17, 15) is 0 Å². The highest BCUT2D eigenvalue weighted by Crippen LogP contribution is 2.31. The van der Waals surface area contributed by atoms with Gasteiger partial charge in [0.25, 0.3) is 0 Å². The minimum absolute atomic E-state index is 1.02. The Morgan fingerprint density at radius 2 is 1.75 bits per heavy atom. The van der Waals surface area contributed by atoms with Crippen LogP contribution in [-0.4, -0.2) is 4.43 Å². The van der Waals surface area contributed by atoms with E-state index in [1.54, 1.807) is 0 Å². The molecule has 1 rings (SSSR count). The van der Waals surface area contributed by atoms with Gasteiger partial charge in [-0.2, -0.15) is 0 Å². The Labute approximate surface area is 90.6 Å². The highest BCUT2D eigenvalue weighted by Gasteiger charge is 2.17. The Morgan fingerprint density at radius 3 is 2.33 bits per heavy atom. The summed E-state index contributed by atoms with van der Waals surface area (Å²) in [5.74, 6) is 2.11. The Bertz CT molecular complexity index is 104. The van der Waals surface area contributed by atoms with E-state index in [0.29, 0.717) is 0 Å². The van der Waals surface area contributed by atoms with Crippen LogP contribution in [0.3, 0.4) is 0 Å². The van der Waals surface area contributed by atoms with E-state index < -0.39 is 0 Å². The van der Waals surface area contributed by atoms with Crippen LogP contribution in [0.1, 0.15) is 51.9 Å². The normalized spacial score (nSPS) is 30.5. The van der Waals surface area contributed by atoms with Crippen LogP contribution < -0.4 is 0 Å². The van der Waals surface area contributed by atoms with Gasteiger partial charge in [-0.15, -0.1) is 0 Å². The van der Waals surface area contributed by atoms with Crippen molar-refractivity contribution in [3.63, 3.8) is 0 Å². The third-order valence-corrected chi connectivity index (χ3v) is 3.89. The van der Waals surface area contributed by atoms with Gasteiger partial charge in [0.2, 0.25) is 0 Å². The number of rotatable bonds is 4. The number of unbranched alkanes of at least 4 members (excludes halogenated alkanes) is 1. The van der Waals surface area contributed by atoms with Crippen molar-refractivity contribution in [1.29, 1.82) is 0 Å². The van der Waals surface area contributed by atoms with Crippen molar-refractivity contribution >= 4 is 22.6 Å². The van der Waals surface area contributed by atoms with Crippen LogP contribution in [0.25, 0.3) is 0 Å². The van der Waals surface area contributed by atoms with Gasteiger partial charge in [-0.3, -0.25) is 0 Å². The average molecular weight is 280 g/mol. The molecule has 0 aromatic heterocycles. The Balaban J connectivity index is 2.01. The Kier molecular flexibility index (Phi) is 5.61. The second-order valence-corrected chi connectivity index (χ2v) is 5.39. The fourth-order valence-electron chi connectivity index (χ4n) is 2.15. The molecule has 1 aliphatic rings. The van der Waals surface area contributed by atoms with Crippen LogP contribution in [0.2, 0.25) is 0 Å². The summed E-state index contributed by atoms with van der Waals surface area (Å²) < 4.78 is 1.35. The lowest BCUT2D eigenvalue weighted by molar-refractivity contribution is 0.273. The molecule has 0 bridgehead atoms. The highest BCUT2D eigenvalue weighted by molar-refractivity contribution is 14.1. The molecule has 0 spiro atoms. The van der Waals surface area contributed by atoms with Gasteiger partial charge in [-0.25, -0.2) is 0 Å². The largest absolute Gasteiger partial charge is 0.0864 e. The Morgan fingerprint density at radius 1 is 1.08 bits per heavy atom. The van der Waals surface area contributed by atoms with Crippen molar-refractivity contribution < 1.29 is 0 Å². The van der Waals surface area contributed by atoms with Crippen LogP contribution in [0.15, 0.2) is 0 Å². The molecule has 0 atom stereocenters. The van der Waals surface area contributed by atoms with E-state index in [4.69, 9.17) is 0 Å². The summed E-state index contributed by atoms with van der Waals surface area (Å²) in [5.41, 5.74) is 0. The van der Waals surface area contributed by atoms with E-state index >= 15 is 0 Å². The van der Waals surface area contributed by atoms with Crippen molar-refractivity contribution in [2.45, 2.75) is 51.9 Å². The summed E-state index contributed by atoms with van der Waals surface area (Å²) in [6, 6.07) is 0. The predicted octanol–water partition coefficient (Wildman–Crippen LogP) is 4.42. The van der Waals surface area contributed by atoms with Crippen molar-refractivity contribution in [3.05, 3.63) is 0 Å². The molecule has 0 N–H and O–H groups in total. The fourth-order valence-corrected chi connectivity index (χ4v) is 2.68. The quantitative estimate of drug-likeness (QED) is 0.406. The van der Waals surface area contributed by atoms with E-state index in [1.165, 1.54) is 49.4 Å². The molecule has 1 saturated carbocycles. The number of alkyl halides is 1. The van der Waals surface area contributed by atoms with Gasteiger partial charge < -0.3 is 0 Å². The lowest BCUT2D eigenvalue weighted by Gasteiger charge is -2.25. The molecule has 0 aliphatic heterocycles. The van der Waals surface area contributed by atoms with Crippen LogP contribution in [0, 0.1) is 11.8 Å². The van der Waals surface area contributed by atoms with Gasteiger partial charge in [0.1, 0.15) is 0 Å². The summed E-state index contributed by atoms with van der Waals surface area (Å²) in [5, 5.41) is 0. The minimum atomic E-state index is 1.02. The molecule has 0 saturated heterocycles.